The number of hydrogen-bond donors (Lipinski definition) is 2. The number of amides is 1. The van der Waals surface area contributed by atoms with Crippen molar-refractivity contribution in [3.63, 3.8) is 0 Å². The van der Waals surface area contributed by atoms with E-state index in [9.17, 15) is 9.59 Å². The van der Waals surface area contributed by atoms with Crippen LogP contribution in [0.1, 0.15) is 33.6 Å². The zero-order valence-corrected chi connectivity index (χ0v) is 13.0. The molecule has 1 amide bonds. The van der Waals surface area contributed by atoms with Crippen LogP contribution in [0.2, 0.25) is 0 Å². The number of aryl methyl sites for hydroxylation is 1. The maximum atomic E-state index is 12.0. The fourth-order valence-corrected chi connectivity index (χ4v) is 3.75. The lowest BCUT2D eigenvalue weighted by molar-refractivity contribution is -0.118. The van der Waals surface area contributed by atoms with Crippen molar-refractivity contribution in [3.05, 3.63) is 16.0 Å². The highest BCUT2D eigenvalue weighted by atomic mass is 32.1. The number of hydrogen-bond acceptors (Lipinski definition) is 6. The van der Waals surface area contributed by atoms with Crippen molar-refractivity contribution >= 4 is 28.2 Å². The summed E-state index contributed by atoms with van der Waals surface area (Å²) in [6.07, 6.45) is 2.69. The molecule has 2 rings (SSSR count). The average molecular weight is 312 g/mol. The zero-order chi connectivity index (χ0) is 15.4. The lowest BCUT2D eigenvalue weighted by Crippen LogP contribution is -2.28. The molecule has 0 aromatic carbocycles. The fraction of sp³-hybridized carbons (Fsp3) is 0.571. The maximum absolute atomic E-state index is 12.0. The molecule has 1 unspecified atom stereocenters. The van der Waals surface area contributed by atoms with Crippen molar-refractivity contribution in [2.24, 2.45) is 5.73 Å². The summed E-state index contributed by atoms with van der Waals surface area (Å²) in [5.41, 5.74) is 7.03. The van der Waals surface area contributed by atoms with Crippen LogP contribution in [0.5, 0.6) is 0 Å². The smallest absolute Gasteiger partial charge is 0.341 e. The molecule has 0 spiro atoms. The zero-order valence-electron chi connectivity index (χ0n) is 12.2. The lowest BCUT2D eigenvalue weighted by atomic mass is 10.1. The molecule has 1 heterocycles. The van der Waals surface area contributed by atoms with E-state index in [0.29, 0.717) is 10.6 Å². The largest absolute Gasteiger partial charge is 0.465 e. The van der Waals surface area contributed by atoms with E-state index in [-0.39, 0.29) is 25.0 Å². The number of nitrogens with two attached hydrogens (primary N) is 1. The third-order valence-electron chi connectivity index (χ3n) is 3.57. The molecule has 7 heteroatoms. The van der Waals surface area contributed by atoms with Gasteiger partial charge >= 0.3 is 5.97 Å². The molecule has 116 valence electrons. The second-order valence-corrected chi connectivity index (χ2v) is 6.00. The van der Waals surface area contributed by atoms with Gasteiger partial charge in [0.05, 0.1) is 25.2 Å². The number of ether oxygens (including phenoxy) is 2. The fourth-order valence-electron chi connectivity index (χ4n) is 2.46. The summed E-state index contributed by atoms with van der Waals surface area (Å²) >= 11 is 1.46. The van der Waals surface area contributed by atoms with Crippen LogP contribution in [-0.4, -0.2) is 38.7 Å². The van der Waals surface area contributed by atoms with Crippen LogP contribution in [0.25, 0.3) is 0 Å². The Morgan fingerprint density at radius 2 is 2.14 bits per heavy atom. The summed E-state index contributed by atoms with van der Waals surface area (Å²) < 4.78 is 9.93. The molecule has 0 radical (unpaired) electrons. The number of anilines is 1. The van der Waals surface area contributed by atoms with E-state index in [1.807, 2.05) is 0 Å². The Kier molecular flexibility index (Phi) is 5.33. The molecule has 1 aromatic heterocycles. The minimum absolute atomic E-state index is 0.163. The van der Waals surface area contributed by atoms with Gasteiger partial charge in [0.1, 0.15) is 5.00 Å². The first kappa shape index (κ1) is 15.9. The number of esters is 1. The summed E-state index contributed by atoms with van der Waals surface area (Å²) in [4.78, 5) is 25.2. The van der Waals surface area contributed by atoms with Gasteiger partial charge in [-0.1, -0.05) is 0 Å². The second-order valence-electron chi connectivity index (χ2n) is 4.90. The van der Waals surface area contributed by atoms with Gasteiger partial charge in [-0.3, -0.25) is 4.79 Å². The first-order valence-electron chi connectivity index (χ1n) is 6.86. The maximum Gasteiger partial charge on any atom is 0.341 e. The van der Waals surface area contributed by atoms with Crippen LogP contribution in [0.3, 0.4) is 0 Å². The molecule has 0 bridgehead atoms. The first-order valence-corrected chi connectivity index (χ1v) is 7.67. The van der Waals surface area contributed by atoms with Gasteiger partial charge in [0.2, 0.25) is 5.91 Å². The SMILES string of the molecule is COC(=O)c1c(NC(=O)CC(CN)OC)sc2c1CCC2. The van der Waals surface area contributed by atoms with Gasteiger partial charge in [-0.2, -0.15) is 0 Å². The summed E-state index contributed by atoms with van der Waals surface area (Å²) in [6, 6.07) is 0. The quantitative estimate of drug-likeness (QED) is 0.773. The molecule has 21 heavy (non-hydrogen) atoms. The van der Waals surface area contributed by atoms with Gasteiger partial charge < -0.3 is 20.5 Å². The van der Waals surface area contributed by atoms with Crippen LogP contribution in [0, 0.1) is 0 Å². The highest BCUT2D eigenvalue weighted by Gasteiger charge is 2.28. The van der Waals surface area contributed by atoms with Crippen molar-refractivity contribution in [2.75, 3.05) is 26.1 Å². The molecular weight excluding hydrogens is 292 g/mol. The highest BCUT2D eigenvalue weighted by molar-refractivity contribution is 7.17. The number of thiophene rings is 1. The number of fused-ring (bicyclic) bond motifs is 1. The van der Waals surface area contributed by atoms with E-state index < -0.39 is 5.97 Å². The van der Waals surface area contributed by atoms with Crippen molar-refractivity contribution in [2.45, 2.75) is 31.8 Å². The van der Waals surface area contributed by atoms with E-state index in [4.69, 9.17) is 15.2 Å². The number of rotatable bonds is 6. The minimum atomic E-state index is -0.396. The Hall–Kier alpha value is -1.44. The molecule has 6 nitrogen and oxygen atoms in total. The topological polar surface area (TPSA) is 90.7 Å². The minimum Gasteiger partial charge on any atom is -0.465 e. The van der Waals surface area contributed by atoms with Gasteiger partial charge in [0.15, 0.2) is 0 Å². The van der Waals surface area contributed by atoms with Crippen LogP contribution in [0.15, 0.2) is 0 Å². The normalized spacial score (nSPS) is 14.6. The highest BCUT2D eigenvalue weighted by Crippen LogP contribution is 2.39. The van der Waals surface area contributed by atoms with E-state index in [1.54, 1.807) is 0 Å². The Labute approximate surface area is 127 Å². The van der Waals surface area contributed by atoms with Gasteiger partial charge in [0.25, 0.3) is 0 Å². The molecule has 0 fully saturated rings. The predicted octanol–water partition coefficient (Wildman–Crippen LogP) is 1.33. The van der Waals surface area contributed by atoms with E-state index in [1.165, 1.54) is 25.6 Å². The van der Waals surface area contributed by atoms with Crippen LogP contribution in [0.4, 0.5) is 5.00 Å². The Morgan fingerprint density at radius 3 is 2.76 bits per heavy atom. The lowest BCUT2D eigenvalue weighted by Gasteiger charge is -2.12. The number of methoxy groups -OCH3 is 2. The second kappa shape index (κ2) is 7.02. The Morgan fingerprint density at radius 1 is 1.38 bits per heavy atom. The van der Waals surface area contributed by atoms with E-state index >= 15 is 0 Å². The van der Waals surface area contributed by atoms with Gasteiger partial charge in [-0.05, 0) is 24.8 Å². The van der Waals surface area contributed by atoms with Crippen LogP contribution >= 0.6 is 11.3 Å². The van der Waals surface area contributed by atoms with E-state index in [0.717, 1.165) is 29.7 Å². The molecule has 1 aliphatic carbocycles. The summed E-state index contributed by atoms with van der Waals surface area (Å²) in [7, 11) is 2.87. The number of nitrogens with one attached hydrogen (secondary N) is 1. The van der Waals surface area contributed by atoms with Crippen molar-refractivity contribution < 1.29 is 19.1 Å². The predicted molar refractivity (Wildman–Crippen MR) is 80.8 cm³/mol. The first-order chi connectivity index (χ1) is 10.1. The van der Waals surface area contributed by atoms with Crippen molar-refractivity contribution in [1.82, 2.24) is 0 Å². The van der Waals surface area contributed by atoms with Gasteiger partial charge in [-0.25, -0.2) is 4.79 Å². The molecule has 0 aliphatic heterocycles. The molecule has 1 aromatic rings. The van der Waals surface area contributed by atoms with Gasteiger partial charge in [-0.15, -0.1) is 11.3 Å². The van der Waals surface area contributed by atoms with Crippen LogP contribution < -0.4 is 11.1 Å². The standard InChI is InChI=1S/C14H20N2O4S/c1-19-8(7-15)6-11(17)16-13-12(14(18)20-2)9-4-3-5-10(9)21-13/h8H,3-7,15H2,1-2H3,(H,16,17). The summed E-state index contributed by atoms with van der Waals surface area (Å²) in [6.45, 7) is 0.273. The summed E-state index contributed by atoms with van der Waals surface area (Å²) in [5.74, 6) is -0.607. The third kappa shape index (κ3) is 3.42. The molecule has 1 atom stereocenters. The Bertz CT molecular complexity index is 537. The molecule has 1 aliphatic rings. The monoisotopic (exact) mass is 312 g/mol. The number of carbonyl (C=O) groups is 2. The average Bonchev–Trinajstić information content (AvgIpc) is 3.04. The summed E-state index contributed by atoms with van der Waals surface area (Å²) in [5, 5.41) is 3.37. The van der Waals surface area contributed by atoms with Crippen molar-refractivity contribution in [1.29, 1.82) is 0 Å². The van der Waals surface area contributed by atoms with Gasteiger partial charge in [0, 0.05) is 18.5 Å². The Balaban J connectivity index is 2.16. The molecule has 0 saturated carbocycles. The van der Waals surface area contributed by atoms with E-state index in [2.05, 4.69) is 5.32 Å². The molecule has 0 saturated heterocycles. The molecular formula is C14H20N2O4S. The number of carbonyl (C=O) groups excluding carboxylic acids is 2. The molecule has 3 N–H and O–H groups in total. The van der Waals surface area contributed by atoms with Crippen molar-refractivity contribution in [3.8, 4) is 0 Å². The van der Waals surface area contributed by atoms with Crippen LogP contribution in [-0.2, 0) is 27.1 Å². The third-order valence-corrected chi connectivity index (χ3v) is 4.78.